The second kappa shape index (κ2) is 4.81. The molecule has 1 atom stereocenters. The molecule has 1 aliphatic rings. The number of hydrogen-bond donors (Lipinski definition) is 2. The number of aromatic nitrogens is 4. The van der Waals surface area contributed by atoms with Gasteiger partial charge in [-0.05, 0) is 32.3 Å². The maximum atomic E-state index is 6.01. The van der Waals surface area contributed by atoms with Gasteiger partial charge in [0.1, 0.15) is 5.69 Å². The number of nitrogens with zero attached hydrogens (tertiary/aromatic N) is 3. The average Bonchev–Trinajstić information content (AvgIpc) is 3.00. The highest BCUT2D eigenvalue weighted by atomic mass is 15.3. The number of aryl methyl sites for hydroxylation is 3. The molecule has 0 fully saturated rings. The van der Waals surface area contributed by atoms with E-state index in [1.165, 1.54) is 11.4 Å². The summed E-state index contributed by atoms with van der Waals surface area (Å²) in [7, 11) is 0. The van der Waals surface area contributed by atoms with Gasteiger partial charge in [-0.1, -0.05) is 6.92 Å². The maximum absolute atomic E-state index is 6.01. The van der Waals surface area contributed by atoms with Crippen molar-refractivity contribution in [2.24, 2.45) is 5.73 Å². The lowest BCUT2D eigenvalue weighted by molar-refractivity contribution is 0.565. The van der Waals surface area contributed by atoms with Crippen molar-refractivity contribution >= 4 is 0 Å². The molecule has 19 heavy (non-hydrogen) atoms. The van der Waals surface area contributed by atoms with E-state index in [1.54, 1.807) is 0 Å². The molecule has 1 aliphatic carbocycles. The van der Waals surface area contributed by atoms with Crippen LogP contribution in [0, 0.1) is 0 Å². The molecule has 0 amide bonds. The van der Waals surface area contributed by atoms with Gasteiger partial charge in [0.05, 0.1) is 11.4 Å². The third kappa shape index (κ3) is 2.18. The van der Waals surface area contributed by atoms with Crippen molar-refractivity contribution in [3.63, 3.8) is 0 Å². The zero-order valence-electron chi connectivity index (χ0n) is 11.6. The molecule has 2 aromatic heterocycles. The molecule has 3 rings (SSSR count). The van der Waals surface area contributed by atoms with Crippen molar-refractivity contribution in [2.45, 2.75) is 52.1 Å². The lowest BCUT2D eigenvalue weighted by Crippen LogP contribution is -2.27. The lowest BCUT2D eigenvalue weighted by atomic mass is 9.97. The van der Waals surface area contributed by atoms with Crippen LogP contribution in [0.25, 0.3) is 11.5 Å². The Kier molecular flexibility index (Phi) is 3.14. The fourth-order valence-corrected chi connectivity index (χ4v) is 2.70. The van der Waals surface area contributed by atoms with Crippen molar-refractivity contribution < 1.29 is 0 Å². The quantitative estimate of drug-likeness (QED) is 0.880. The van der Waals surface area contributed by atoms with Crippen LogP contribution in [0.2, 0.25) is 0 Å². The summed E-state index contributed by atoms with van der Waals surface area (Å²) in [6.07, 6.45) is 3.87. The zero-order valence-corrected chi connectivity index (χ0v) is 11.6. The highest BCUT2D eigenvalue weighted by Gasteiger charge is 2.21. The first kappa shape index (κ1) is 12.4. The molecule has 1 unspecified atom stereocenters. The predicted molar refractivity (Wildman–Crippen MR) is 74.9 cm³/mol. The van der Waals surface area contributed by atoms with Crippen LogP contribution in [0.5, 0.6) is 0 Å². The molecule has 0 radical (unpaired) electrons. The van der Waals surface area contributed by atoms with Crippen LogP contribution in [0.15, 0.2) is 6.07 Å². The number of aromatic amines is 1. The van der Waals surface area contributed by atoms with E-state index in [9.17, 15) is 0 Å². The van der Waals surface area contributed by atoms with Gasteiger partial charge >= 0.3 is 0 Å². The first-order valence-electron chi connectivity index (χ1n) is 7.11. The van der Waals surface area contributed by atoms with E-state index >= 15 is 0 Å². The molecule has 5 nitrogen and oxygen atoms in total. The summed E-state index contributed by atoms with van der Waals surface area (Å²) in [5, 5.41) is 4.58. The Hall–Kier alpha value is -1.62. The van der Waals surface area contributed by atoms with Crippen molar-refractivity contribution in [1.82, 2.24) is 19.7 Å². The van der Waals surface area contributed by atoms with Gasteiger partial charge in [-0.25, -0.2) is 4.98 Å². The summed E-state index contributed by atoms with van der Waals surface area (Å²) < 4.78 is 2.02. The van der Waals surface area contributed by atoms with Gasteiger partial charge in [-0.2, -0.15) is 5.10 Å². The molecular weight excluding hydrogens is 238 g/mol. The molecule has 102 valence electrons. The predicted octanol–water partition coefficient (Wildman–Crippen LogP) is 1.67. The van der Waals surface area contributed by atoms with Crippen LogP contribution in [0.4, 0.5) is 0 Å². The Morgan fingerprint density at radius 2 is 2.32 bits per heavy atom. The lowest BCUT2D eigenvalue weighted by Gasteiger charge is -2.15. The summed E-state index contributed by atoms with van der Waals surface area (Å²) >= 11 is 0. The first-order valence-corrected chi connectivity index (χ1v) is 7.11. The Morgan fingerprint density at radius 1 is 1.47 bits per heavy atom. The molecular formula is C14H21N5. The van der Waals surface area contributed by atoms with Crippen LogP contribution in [0.1, 0.15) is 37.4 Å². The molecule has 0 spiro atoms. The molecule has 0 aromatic carbocycles. The van der Waals surface area contributed by atoms with Crippen LogP contribution >= 0.6 is 0 Å². The van der Waals surface area contributed by atoms with Crippen molar-refractivity contribution in [3.05, 3.63) is 23.1 Å². The zero-order chi connectivity index (χ0) is 13.4. The first-order chi connectivity index (χ1) is 9.21. The van der Waals surface area contributed by atoms with Gasteiger partial charge in [-0.3, -0.25) is 4.68 Å². The van der Waals surface area contributed by atoms with Crippen molar-refractivity contribution in [2.75, 3.05) is 0 Å². The number of nitrogens with one attached hydrogen (secondary N) is 1. The molecule has 2 aromatic rings. The van der Waals surface area contributed by atoms with E-state index in [2.05, 4.69) is 30.0 Å². The molecule has 0 saturated carbocycles. The Labute approximate surface area is 113 Å². The molecule has 3 N–H and O–H groups in total. The van der Waals surface area contributed by atoms with Crippen molar-refractivity contribution in [1.29, 1.82) is 0 Å². The second-order valence-electron chi connectivity index (χ2n) is 5.20. The van der Waals surface area contributed by atoms with Gasteiger partial charge in [0.15, 0.2) is 5.82 Å². The molecule has 5 heteroatoms. The maximum Gasteiger partial charge on any atom is 0.156 e. The van der Waals surface area contributed by atoms with Gasteiger partial charge in [-0.15, -0.1) is 0 Å². The summed E-state index contributed by atoms with van der Waals surface area (Å²) in [6, 6.07) is 2.40. The summed E-state index contributed by atoms with van der Waals surface area (Å²) in [5.41, 5.74) is 10.6. The Morgan fingerprint density at radius 3 is 3.05 bits per heavy atom. The Bertz CT molecular complexity index is 581. The van der Waals surface area contributed by atoms with Gasteiger partial charge in [0.25, 0.3) is 0 Å². The largest absolute Gasteiger partial charge is 0.340 e. The number of H-pyrrole nitrogens is 1. The minimum Gasteiger partial charge on any atom is -0.340 e. The Balaban J connectivity index is 2.00. The van der Waals surface area contributed by atoms with E-state index in [-0.39, 0.29) is 6.04 Å². The molecule has 0 saturated heterocycles. The van der Waals surface area contributed by atoms with Gasteiger partial charge in [0, 0.05) is 24.7 Å². The van der Waals surface area contributed by atoms with E-state index < -0.39 is 0 Å². The van der Waals surface area contributed by atoms with Crippen molar-refractivity contribution in [3.8, 4) is 11.5 Å². The molecule has 0 bridgehead atoms. The van der Waals surface area contributed by atoms with E-state index in [1.807, 2.05) is 4.68 Å². The second-order valence-corrected chi connectivity index (χ2v) is 5.20. The van der Waals surface area contributed by atoms with Crippen LogP contribution in [-0.4, -0.2) is 25.8 Å². The minimum atomic E-state index is 0.267. The number of fused-ring (bicyclic) bond motifs is 1. The standard InChI is InChI=1S/C14H21N5/c1-3-10-8-13(19(4-2)18-10)14-16-11-6-5-9(15)7-12(11)17-14/h8-9H,3-7,15H2,1-2H3,(H,16,17). The highest BCUT2D eigenvalue weighted by molar-refractivity contribution is 5.52. The smallest absolute Gasteiger partial charge is 0.156 e. The summed E-state index contributed by atoms with van der Waals surface area (Å²) in [4.78, 5) is 8.18. The van der Waals surface area contributed by atoms with Gasteiger partial charge in [0.2, 0.25) is 0 Å². The third-order valence-corrected chi connectivity index (χ3v) is 3.82. The number of imidazole rings is 1. The number of hydrogen-bond acceptors (Lipinski definition) is 3. The van der Waals surface area contributed by atoms with E-state index in [4.69, 9.17) is 10.7 Å². The minimum absolute atomic E-state index is 0.267. The highest BCUT2D eigenvalue weighted by Crippen LogP contribution is 2.24. The van der Waals surface area contributed by atoms with E-state index in [0.717, 1.165) is 49.4 Å². The summed E-state index contributed by atoms with van der Waals surface area (Å²) in [6.45, 7) is 5.09. The van der Waals surface area contributed by atoms with Gasteiger partial charge < -0.3 is 10.7 Å². The number of rotatable bonds is 3. The molecule has 2 heterocycles. The SMILES string of the molecule is CCc1cc(-c2nc3c([nH]2)CC(N)CC3)n(CC)n1. The topological polar surface area (TPSA) is 72.5 Å². The average molecular weight is 259 g/mol. The number of nitrogens with two attached hydrogens (primary N) is 1. The molecule has 0 aliphatic heterocycles. The van der Waals surface area contributed by atoms with E-state index in [0.29, 0.717) is 0 Å². The van der Waals surface area contributed by atoms with Crippen LogP contribution in [-0.2, 0) is 25.8 Å². The third-order valence-electron chi connectivity index (χ3n) is 3.82. The summed E-state index contributed by atoms with van der Waals surface area (Å²) in [5.74, 6) is 0.938. The normalized spacial score (nSPS) is 18.6. The fourth-order valence-electron chi connectivity index (χ4n) is 2.70. The van der Waals surface area contributed by atoms with Crippen LogP contribution in [0.3, 0.4) is 0 Å². The van der Waals surface area contributed by atoms with Crippen LogP contribution < -0.4 is 5.73 Å². The monoisotopic (exact) mass is 259 g/mol. The fraction of sp³-hybridized carbons (Fsp3) is 0.571.